The van der Waals surface area contributed by atoms with Gasteiger partial charge in [-0.2, -0.15) is 0 Å². The summed E-state index contributed by atoms with van der Waals surface area (Å²) < 4.78 is 5.81. The van der Waals surface area contributed by atoms with Crippen LogP contribution >= 0.6 is 12.0 Å². The predicted molar refractivity (Wildman–Crippen MR) is 94.2 cm³/mol. The Morgan fingerprint density at radius 1 is 1.04 bits per heavy atom. The molecule has 0 aliphatic carbocycles. The monoisotopic (exact) mass is 328 g/mol. The molecule has 2 aromatic carbocycles. The molecular weight excluding hydrogens is 308 g/mol. The van der Waals surface area contributed by atoms with E-state index in [1.165, 1.54) is 17.6 Å². The van der Waals surface area contributed by atoms with Gasteiger partial charge in [0, 0.05) is 30.7 Å². The second-order valence-electron chi connectivity index (χ2n) is 5.79. The average molecular weight is 328 g/mol. The van der Waals surface area contributed by atoms with E-state index < -0.39 is 0 Å². The number of hydrogen-bond acceptors (Lipinski definition) is 3. The molecule has 0 bridgehead atoms. The Balaban J connectivity index is 1.65. The highest BCUT2D eigenvalue weighted by Crippen LogP contribution is 2.29. The van der Waals surface area contributed by atoms with Gasteiger partial charge in [0.25, 0.3) is 0 Å². The maximum atomic E-state index is 12.0. The second-order valence-corrected chi connectivity index (χ2v) is 6.59. The van der Waals surface area contributed by atoms with Crippen molar-refractivity contribution in [3.05, 3.63) is 53.6 Å². The number of carbonyl (C=O) groups excluding carboxylic acids is 1. The number of benzene rings is 2. The third-order valence-corrected chi connectivity index (χ3v) is 4.65. The molecule has 0 atom stereocenters. The third-order valence-electron chi connectivity index (χ3n) is 3.92. The number of anilines is 1. The number of likely N-dealkylation sites (N-methyl/N-ethyl adjacent to an activating group) is 1. The SMILES string of the molecule is Cc1ccc(OSc2ccc(N3CCN(C)C3=O)cc2)c(C)c1. The second kappa shape index (κ2) is 6.54. The van der Waals surface area contributed by atoms with Gasteiger partial charge in [-0.25, -0.2) is 4.79 Å². The molecule has 2 amide bonds. The van der Waals surface area contributed by atoms with Gasteiger partial charge in [0.2, 0.25) is 0 Å². The van der Waals surface area contributed by atoms with Crippen LogP contribution in [-0.2, 0) is 0 Å². The van der Waals surface area contributed by atoms with Crippen molar-refractivity contribution in [2.75, 3.05) is 25.0 Å². The van der Waals surface area contributed by atoms with Crippen molar-refractivity contribution in [3.8, 4) is 5.75 Å². The van der Waals surface area contributed by atoms with Gasteiger partial charge in [-0.1, -0.05) is 17.7 Å². The van der Waals surface area contributed by atoms with Gasteiger partial charge in [-0.15, -0.1) is 0 Å². The van der Waals surface area contributed by atoms with Gasteiger partial charge in [0.15, 0.2) is 0 Å². The van der Waals surface area contributed by atoms with Gasteiger partial charge in [0.05, 0.1) is 12.0 Å². The number of aryl methyl sites for hydroxylation is 2. The van der Waals surface area contributed by atoms with Crippen LogP contribution in [0.3, 0.4) is 0 Å². The summed E-state index contributed by atoms with van der Waals surface area (Å²) in [7, 11) is 1.82. The largest absolute Gasteiger partial charge is 0.420 e. The molecule has 3 rings (SSSR count). The number of urea groups is 1. The molecule has 2 aromatic rings. The lowest BCUT2D eigenvalue weighted by Crippen LogP contribution is -2.29. The molecule has 0 spiro atoms. The van der Waals surface area contributed by atoms with Crippen LogP contribution in [0.25, 0.3) is 0 Å². The number of nitrogens with zero attached hydrogens (tertiary/aromatic N) is 2. The molecular formula is C18H20N2O2S. The Morgan fingerprint density at radius 2 is 1.78 bits per heavy atom. The van der Waals surface area contributed by atoms with E-state index in [1.54, 1.807) is 9.80 Å². The zero-order chi connectivity index (χ0) is 16.4. The summed E-state index contributed by atoms with van der Waals surface area (Å²) in [5.74, 6) is 0.876. The number of amides is 2. The minimum atomic E-state index is 0.0527. The molecule has 0 aromatic heterocycles. The standard InChI is InChI=1S/C18H20N2O2S/c1-13-4-9-17(14(2)12-13)22-23-16-7-5-15(6-8-16)20-11-10-19(3)18(20)21/h4-9,12H,10-11H2,1-3H3. The van der Waals surface area contributed by atoms with E-state index in [-0.39, 0.29) is 6.03 Å². The van der Waals surface area contributed by atoms with Gasteiger partial charge in [-0.3, -0.25) is 4.90 Å². The van der Waals surface area contributed by atoms with Crippen molar-refractivity contribution < 1.29 is 8.98 Å². The minimum Gasteiger partial charge on any atom is -0.420 e. The first-order valence-corrected chi connectivity index (χ1v) is 8.33. The maximum absolute atomic E-state index is 12.0. The summed E-state index contributed by atoms with van der Waals surface area (Å²) in [4.78, 5) is 16.5. The topological polar surface area (TPSA) is 32.8 Å². The fourth-order valence-corrected chi connectivity index (χ4v) is 3.17. The van der Waals surface area contributed by atoms with E-state index >= 15 is 0 Å². The van der Waals surface area contributed by atoms with Crippen molar-refractivity contribution in [2.24, 2.45) is 0 Å². The van der Waals surface area contributed by atoms with Crippen molar-refractivity contribution in [2.45, 2.75) is 18.7 Å². The van der Waals surface area contributed by atoms with Crippen LogP contribution in [0.1, 0.15) is 11.1 Å². The van der Waals surface area contributed by atoms with E-state index in [9.17, 15) is 4.79 Å². The van der Waals surface area contributed by atoms with Crippen LogP contribution < -0.4 is 9.08 Å². The van der Waals surface area contributed by atoms with Crippen LogP contribution in [-0.4, -0.2) is 31.1 Å². The Hall–Kier alpha value is -2.14. The highest BCUT2D eigenvalue weighted by Gasteiger charge is 2.26. The van der Waals surface area contributed by atoms with Crippen molar-refractivity contribution >= 4 is 23.8 Å². The van der Waals surface area contributed by atoms with E-state index in [2.05, 4.69) is 13.0 Å². The van der Waals surface area contributed by atoms with Crippen molar-refractivity contribution in [3.63, 3.8) is 0 Å². The molecule has 0 unspecified atom stereocenters. The van der Waals surface area contributed by atoms with Crippen LogP contribution in [0.4, 0.5) is 10.5 Å². The summed E-state index contributed by atoms with van der Waals surface area (Å²) in [6.07, 6.45) is 0. The quantitative estimate of drug-likeness (QED) is 0.786. The van der Waals surface area contributed by atoms with Crippen LogP contribution in [0, 0.1) is 13.8 Å². The molecule has 0 radical (unpaired) electrons. The first kappa shape index (κ1) is 15.7. The summed E-state index contributed by atoms with van der Waals surface area (Å²) in [5.41, 5.74) is 3.28. The fraction of sp³-hybridized carbons (Fsp3) is 0.278. The lowest BCUT2D eigenvalue weighted by molar-refractivity contribution is 0.229. The molecule has 1 saturated heterocycles. The molecule has 1 heterocycles. The molecule has 0 saturated carbocycles. The van der Waals surface area contributed by atoms with E-state index in [4.69, 9.17) is 4.18 Å². The Morgan fingerprint density at radius 3 is 2.39 bits per heavy atom. The lowest BCUT2D eigenvalue weighted by Gasteiger charge is -2.16. The predicted octanol–water partition coefficient (Wildman–Crippen LogP) is 4.26. The summed E-state index contributed by atoms with van der Waals surface area (Å²) in [6, 6.07) is 14.1. The lowest BCUT2D eigenvalue weighted by atomic mass is 10.1. The highest BCUT2D eigenvalue weighted by atomic mass is 32.2. The molecule has 120 valence electrons. The molecule has 5 heteroatoms. The smallest absolute Gasteiger partial charge is 0.324 e. The fourth-order valence-electron chi connectivity index (χ4n) is 2.55. The summed E-state index contributed by atoms with van der Waals surface area (Å²) in [6.45, 7) is 5.62. The summed E-state index contributed by atoms with van der Waals surface area (Å²) >= 11 is 1.33. The molecule has 1 aliphatic heterocycles. The summed E-state index contributed by atoms with van der Waals surface area (Å²) in [5, 5.41) is 0. The number of rotatable bonds is 4. The van der Waals surface area contributed by atoms with Crippen LogP contribution in [0.5, 0.6) is 5.75 Å². The zero-order valence-electron chi connectivity index (χ0n) is 13.6. The van der Waals surface area contributed by atoms with Gasteiger partial charge in [0.1, 0.15) is 5.75 Å². The zero-order valence-corrected chi connectivity index (χ0v) is 14.4. The van der Waals surface area contributed by atoms with Gasteiger partial charge in [-0.05, 0) is 49.7 Å². The maximum Gasteiger partial charge on any atom is 0.324 e. The van der Waals surface area contributed by atoms with E-state index in [0.29, 0.717) is 0 Å². The van der Waals surface area contributed by atoms with Gasteiger partial charge < -0.3 is 9.08 Å². The van der Waals surface area contributed by atoms with Crippen molar-refractivity contribution in [1.29, 1.82) is 0 Å². The molecule has 1 fully saturated rings. The van der Waals surface area contributed by atoms with E-state index in [1.807, 2.05) is 50.4 Å². The van der Waals surface area contributed by atoms with Crippen LogP contribution in [0.15, 0.2) is 47.4 Å². The van der Waals surface area contributed by atoms with Crippen molar-refractivity contribution in [1.82, 2.24) is 4.90 Å². The van der Waals surface area contributed by atoms with E-state index in [0.717, 1.165) is 35.0 Å². The minimum absolute atomic E-state index is 0.0527. The normalized spacial score (nSPS) is 14.5. The highest BCUT2D eigenvalue weighted by molar-refractivity contribution is 7.95. The Kier molecular flexibility index (Phi) is 4.48. The van der Waals surface area contributed by atoms with Crippen LogP contribution in [0.2, 0.25) is 0 Å². The molecule has 23 heavy (non-hydrogen) atoms. The Bertz CT molecular complexity index is 715. The average Bonchev–Trinajstić information content (AvgIpc) is 2.87. The molecule has 1 aliphatic rings. The number of hydrogen-bond donors (Lipinski definition) is 0. The van der Waals surface area contributed by atoms with Gasteiger partial charge >= 0.3 is 6.03 Å². The molecule has 0 N–H and O–H groups in total. The Labute approximate surface area is 141 Å². The third kappa shape index (κ3) is 3.45. The first-order chi connectivity index (χ1) is 11.0. The molecule has 4 nitrogen and oxygen atoms in total. The first-order valence-electron chi connectivity index (χ1n) is 7.59. The number of carbonyl (C=O) groups is 1.